The van der Waals surface area contributed by atoms with Crippen molar-refractivity contribution in [1.29, 1.82) is 0 Å². The molecule has 0 saturated carbocycles. The first-order chi connectivity index (χ1) is 6.20. The van der Waals surface area contributed by atoms with Crippen LogP contribution in [0.4, 0.5) is 0 Å². The summed E-state index contributed by atoms with van der Waals surface area (Å²) in [6.07, 6.45) is 0. The van der Waals surface area contributed by atoms with Crippen molar-refractivity contribution >= 4 is 5.91 Å². The van der Waals surface area contributed by atoms with E-state index in [-0.39, 0.29) is 25.1 Å². The fourth-order valence-corrected chi connectivity index (χ4v) is 0.748. The maximum Gasteiger partial charge on any atom is 0.234 e. The lowest BCUT2D eigenvalue weighted by molar-refractivity contribution is -0.121. The number of hydrogen-bond acceptors (Lipinski definition) is 4. The van der Waals surface area contributed by atoms with E-state index in [1.54, 1.807) is 14.0 Å². The Balaban J connectivity index is 3.30. The molecule has 5 nitrogen and oxygen atoms in total. The summed E-state index contributed by atoms with van der Waals surface area (Å²) in [5.74, 6) is -0.113. The van der Waals surface area contributed by atoms with Gasteiger partial charge in [-0.25, -0.2) is 0 Å². The second-order valence-corrected chi connectivity index (χ2v) is 2.82. The first kappa shape index (κ1) is 12.3. The van der Waals surface area contributed by atoms with Crippen LogP contribution in [-0.2, 0) is 9.53 Å². The summed E-state index contributed by atoms with van der Waals surface area (Å²) < 4.78 is 4.79. The van der Waals surface area contributed by atoms with E-state index in [2.05, 4.69) is 10.6 Å². The Hall–Kier alpha value is -0.650. The lowest BCUT2D eigenvalue weighted by Crippen LogP contribution is -2.41. The molecule has 0 bridgehead atoms. The van der Waals surface area contributed by atoms with Gasteiger partial charge in [0.25, 0.3) is 0 Å². The van der Waals surface area contributed by atoms with Crippen LogP contribution in [0.5, 0.6) is 0 Å². The minimum Gasteiger partial charge on any atom is -0.394 e. The van der Waals surface area contributed by atoms with E-state index in [4.69, 9.17) is 9.84 Å². The highest BCUT2D eigenvalue weighted by Crippen LogP contribution is 1.77. The van der Waals surface area contributed by atoms with Gasteiger partial charge >= 0.3 is 0 Å². The zero-order chi connectivity index (χ0) is 10.1. The standard InChI is InChI=1S/C8H18N2O3/c1-7(6-11)10-8(12)5-9-3-4-13-2/h7,9,11H,3-6H2,1-2H3,(H,10,12)/t7-/m1/s1. The summed E-state index contributed by atoms with van der Waals surface area (Å²) in [6, 6.07) is -0.184. The molecule has 0 aromatic heterocycles. The van der Waals surface area contributed by atoms with Crippen molar-refractivity contribution < 1.29 is 14.6 Å². The van der Waals surface area contributed by atoms with Gasteiger partial charge in [0.05, 0.1) is 19.8 Å². The van der Waals surface area contributed by atoms with Crippen molar-refractivity contribution in [3.05, 3.63) is 0 Å². The highest BCUT2D eigenvalue weighted by molar-refractivity contribution is 5.78. The molecule has 1 amide bonds. The van der Waals surface area contributed by atoms with Gasteiger partial charge in [0, 0.05) is 19.7 Å². The largest absolute Gasteiger partial charge is 0.394 e. The zero-order valence-electron chi connectivity index (χ0n) is 8.17. The van der Waals surface area contributed by atoms with Crippen molar-refractivity contribution in [2.45, 2.75) is 13.0 Å². The van der Waals surface area contributed by atoms with Crippen LogP contribution in [0.1, 0.15) is 6.92 Å². The van der Waals surface area contributed by atoms with Crippen molar-refractivity contribution in [2.24, 2.45) is 0 Å². The molecule has 0 spiro atoms. The molecule has 3 N–H and O–H groups in total. The summed E-state index contributed by atoms with van der Waals surface area (Å²) in [5.41, 5.74) is 0. The quantitative estimate of drug-likeness (QED) is 0.437. The summed E-state index contributed by atoms with van der Waals surface area (Å²) in [7, 11) is 1.61. The van der Waals surface area contributed by atoms with Gasteiger partial charge in [-0.1, -0.05) is 0 Å². The van der Waals surface area contributed by atoms with Crippen LogP contribution < -0.4 is 10.6 Å². The Morgan fingerprint density at radius 1 is 1.62 bits per heavy atom. The van der Waals surface area contributed by atoms with Gasteiger partial charge < -0.3 is 20.5 Å². The van der Waals surface area contributed by atoms with E-state index in [0.29, 0.717) is 13.2 Å². The average Bonchev–Trinajstić information content (AvgIpc) is 2.12. The number of aliphatic hydroxyl groups is 1. The summed E-state index contributed by atoms with van der Waals surface area (Å²) in [6.45, 7) is 3.20. The van der Waals surface area contributed by atoms with Crippen LogP contribution in [0.2, 0.25) is 0 Å². The minimum absolute atomic E-state index is 0.0379. The second-order valence-electron chi connectivity index (χ2n) is 2.82. The van der Waals surface area contributed by atoms with E-state index in [9.17, 15) is 4.79 Å². The normalized spacial score (nSPS) is 12.5. The Bertz CT molecular complexity index is 141. The number of nitrogens with one attached hydrogen (secondary N) is 2. The molecule has 5 heteroatoms. The van der Waals surface area contributed by atoms with Gasteiger partial charge in [0.2, 0.25) is 5.91 Å². The highest BCUT2D eigenvalue weighted by atomic mass is 16.5. The molecule has 0 aromatic rings. The van der Waals surface area contributed by atoms with Crippen molar-refractivity contribution in [2.75, 3.05) is 33.4 Å². The van der Waals surface area contributed by atoms with Crippen molar-refractivity contribution in [1.82, 2.24) is 10.6 Å². The Morgan fingerprint density at radius 3 is 2.85 bits per heavy atom. The topological polar surface area (TPSA) is 70.6 Å². The van der Waals surface area contributed by atoms with Crippen molar-refractivity contribution in [3.63, 3.8) is 0 Å². The molecule has 0 aliphatic carbocycles. The van der Waals surface area contributed by atoms with Gasteiger partial charge in [-0.2, -0.15) is 0 Å². The Morgan fingerprint density at radius 2 is 2.31 bits per heavy atom. The number of ether oxygens (including phenoxy) is 1. The number of carbonyl (C=O) groups excluding carboxylic acids is 1. The van der Waals surface area contributed by atoms with E-state index >= 15 is 0 Å². The molecule has 0 aliphatic rings. The Kier molecular flexibility index (Phi) is 7.57. The molecule has 0 saturated heterocycles. The van der Waals surface area contributed by atoms with E-state index in [0.717, 1.165) is 0 Å². The predicted octanol–water partition coefficient (Wildman–Crippen LogP) is -1.28. The molecule has 0 fully saturated rings. The van der Waals surface area contributed by atoms with Crippen LogP contribution in [0.15, 0.2) is 0 Å². The molecule has 0 aromatic carbocycles. The van der Waals surface area contributed by atoms with E-state index in [1.807, 2.05) is 0 Å². The fraction of sp³-hybridized carbons (Fsp3) is 0.875. The third-order valence-corrected chi connectivity index (χ3v) is 1.45. The van der Waals surface area contributed by atoms with Gasteiger partial charge in [-0.3, -0.25) is 4.79 Å². The summed E-state index contributed by atoms with van der Waals surface area (Å²) in [4.78, 5) is 11.0. The molecule has 78 valence electrons. The SMILES string of the molecule is COCCNCC(=O)N[C@H](C)CO. The number of aliphatic hydroxyl groups excluding tert-OH is 1. The van der Waals surface area contributed by atoms with Gasteiger partial charge in [-0.05, 0) is 6.92 Å². The summed E-state index contributed by atoms with van der Waals surface area (Å²) >= 11 is 0. The Labute approximate surface area is 78.5 Å². The van der Waals surface area contributed by atoms with Crippen LogP contribution in [0, 0.1) is 0 Å². The van der Waals surface area contributed by atoms with Gasteiger partial charge in [0.1, 0.15) is 0 Å². The number of methoxy groups -OCH3 is 1. The van der Waals surface area contributed by atoms with Crippen LogP contribution in [0.25, 0.3) is 0 Å². The molecular formula is C8H18N2O3. The lowest BCUT2D eigenvalue weighted by Gasteiger charge is -2.10. The monoisotopic (exact) mass is 190 g/mol. The van der Waals surface area contributed by atoms with Crippen LogP contribution >= 0.6 is 0 Å². The molecule has 0 aliphatic heterocycles. The smallest absolute Gasteiger partial charge is 0.234 e. The molecule has 1 atom stereocenters. The van der Waals surface area contributed by atoms with Crippen molar-refractivity contribution in [3.8, 4) is 0 Å². The number of rotatable bonds is 7. The summed E-state index contributed by atoms with van der Waals surface area (Å²) in [5, 5.41) is 14.1. The number of carbonyl (C=O) groups is 1. The second kappa shape index (κ2) is 7.97. The van der Waals surface area contributed by atoms with E-state index in [1.165, 1.54) is 0 Å². The number of hydrogen-bond donors (Lipinski definition) is 3. The maximum atomic E-state index is 11.0. The molecule has 0 radical (unpaired) electrons. The molecule has 0 rings (SSSR count). The molecule has 0 heterocycles. The van der Waals surface area contributed by atoms with Crippen LogP contribution in [0.3, 0.4) is 0 Å². The predicted molar refractivity (Wildman–Crippen MR) is 49.4 cm³/mol. The highest BCUT2D eigenvalue weighted by Gasteiger charge is 2.04. The van der Waals surface area contributed by atoms with Gasteiger partial charge in [-0.15, -0.1) is 0 Å². The average molecular weight is 190 g/mol. The van der Waals surface area contributed by atoms with Gasteiger partial charge in [0.15, 0.2) is 0 Å². The first-order valence-corrected chi connectivity index (χ1v) is 4.30. The van der Waals surface area contributed by atoms with E-state index < -0.39 is 0 Å². The maximum absolute atomic E-state index is 11.0. The van der Waals surface area contributed by atoms with Crippen LogP contribution in [-0.4, -0.2) is 50.5 Å². The minimum atomic E-state index is -0.184. The fourth-order valence-electron chi connectivity index (χ4n) is 0.748. The third kappa shape index (κ3) is 7.70. The lowest BCUT2D eigenvalue weighted by atomic mass is 10.3. The molecule has 13 heavy (non-hydrogen) atoms. The third-order valence-electron chi connectivity index (χ3n) is 1.45. The number of amides is 1. The molecular weight excluding hydrogens is 172 g/mol. The first-order valence-electron chi connectivity index (χ1n) is 4.30. The zero-order valence-corrected chi connectivity index (χ0v) is 8.17. The molecule has 0 unspecified atom stereocenters.